The SMILES string of the molecule is Cc1nc(C)c2ncn([C@@H]3O[C@H](CO)[C@H](O)C3(C)O)c2n1. The fraction of sp³-hybridized carbons (Fsp3) is 0.615. The second-order valence-corrected chi connectivity index (χ2v) is 5.56. The number of aliphatic hydroxyl groups is 3. The van der Waals surface area contributed by atoms with Crippen LogP contribution in [0, 0.1) is 13.8 Å². The lowest BCUT2D eigenvalue weighted by Crippen LogP contribution is -2.44. The minimum absolute atomic E-state index is 0.381. The molecule has 0 saturated carbocycles. The summed E-state index contributed by atoms with van der Waals surface area (Å²) in [5.74, 6) is 0.582. The number of aryl methyl sites for hydroxylation is 2. The number of aromatic nitrogens is 4. The molecule has 0 spiro atoms. The molecule has 1 aliphatic heterocycles. The van der Waals surface area contributed by atoms with Crippen LogP contribution in [0.1, 0.15) is 24.7 Å². The van der Waals surface area contributed by atoms with Crippen molar-refractivity contribution in [2.45, 2.75) is 44.8 Å². The standard InChI is InChI=1S/C13H18N4O4/c1-6-9-11(16-7(2)15-6)17(5-14-9)12-13(3,20)10(19)8(4-18)21-12/h5,8,10,12,18-20H,4H2,1-3H3/t8-,10+,12-,13?/m1/s1. The van der Waals surface area contributed by atoms with Gasteiger partial charge in [-0.15, -0.1) is 0 Å². The summed E-state index contributed by atoms with van der Waals surface area (Å²) in [7, 11) is 0. The van der Waals surface area contributed by atoms with Crippen LogP contribution in [-0.2, 0) is 4.74 Å². The van der Waals surface area contributed by atoms with Crippen LogP contribution in [0.4, 0.5) is 0 Å². The highest BCUT2D eigenvalue weighted by Gasteiger charge is 2.53. The highest BCUT2D eigenvalue weighted by atomic mass is 16.6. The van der Waals surface area contributed by atoms with Gasteiger partial charge in [-0.1, -0.05) is 0 Å². The quantitative estimate of drug-likeness (QED) is 0.680. The third kappa shape index (κ3) is 2.03. The number of rotatable bonds is 2. The van der Waals surface area contributed by atoms with Gasteiger partial charge in [0.2, 0.25) is 0 Å². The van der Waals surface area contributed by atoms with Crippen molar-refractivity contribution >= 4 is 11.2 Å². The Balaban J connectivity index is 2.13. The molecule has 3 rings (SSSR count). The van der Waals surface area contributed by atoms with Gasteiger partial charge in [0.1, 0.15) is 29.2 Å². The van der Waals surface area contributed by atoms with Gasteiger partial charge in [0.15, 0.2) is 11.9 Å². The topological polar surface area (TPSA) is 114 Å². The lowest BCUT2D eigenvalue weighted by Gasteiger charge is -2.27. The number of fused-ring (bicyclic) bond motifs is 1. The first-order valence-corrected chi connectivity index (χ1v) is 6.70. The summed E-state index contributed by atoms with van der Waals surface area (Å²) in [5.41, 5.74) is 0.305. The first kappa shape index (κ1) is 14.3. The summed E-state index contributed by atoms with van der Waals surface area (Å²) >= 11 is 0. The van der Waals surface area contributed by atoms with Crippen LogP contribution in [0.3, 0.4) is 0 Å². The van der Waals surface area contributed by atoms with Gasteiger partial charge in [-0.05, 0) is 20.8 Å². The first-order chi connectivity index (χ1) is 9.86. The summed E-state index contributed by atoms with van der Waals surface area (Å²) in [6, 6.07) is 0. The lowest BCUT2D eigenvalue weighted by atomic mass is 9.96. The summed E-state index contributed by atoms with van der Waals surface area (Å²) in [4.78, 5) is 12.8. The largest absolute Gasteiger partial charge is 0.394 e. The molecule has 0 bridgehead atoms. The second kappa shape index (κ2) is 4.70. The van der Waals surface area contributed by atoms with Gasteiger partial charge in [0.25, 0.3) is 0 Å². The molecular weight excluding hydrogens is 276 g/mol. The molecule has 3 heterocycles. The van der Waals surface area contributed by atoms with E-state index in [2.05, 4.69) is 15.0 Å². The molecule has 1 saturated heterocycles. The maximum atomic E-state index is 10.5. The predicted molar refractivity (Wildman–Crippen MR) is 72.4 cm³/mol. The molecule has 114 valence electrons. The van der Waals surface area contributed by atoms with Crippen LogP contribution in [-0.4, -0.2) is 59.3 Å². The molecule has 4 atom stereocenters. The third-order valence-corrected chi connectivity index (χ3v) is 3.89. The molecule has 1 fully saturated rings. The van der Waals surface area contributed by atoms with Crippen LogP contribution in [0.2, 0.25) is 0 Å². The number of ether oxygens (including phenoxy) is 1. The van der Waals surface area contributed by atoms with Crippen molar-refractivity contribution in [2.24, 2.45) is 0 Å². The van der Waals surface area contributed by atoms with E-state index in [4.69, 9.17) is 4.74 Å². The Labute approximate surface area is 121 Å². The molecule has 1 unspecified atom stereocenters. The molecule has 0 amide bonds. The van der Waals surface area contributed by atoms with Crippen molar-refractivity contribution in [3.63, 3.8) is 0 Å². The average Bonchev–Trinajstić information content (AvgIpc) is 2.91. The Morgan fingerprint density at radius 3 is 2.71 bits per heavy atom. The average molecular weight is 294 g/mol. The van der Waals surface area contributed by atoms with E-state index in [1.54, 1.807) is 11.5 Å². The van der Waals surface area contributed by atoms with E-state index in [1.165, 1.54) is 13.3 Å². The van der Waals surface area contributed by atoms with E-state index in [9.17, 15) is 15.3 Å². The van der Waals surface area contributed by atoms with E-state index in [1.807, 2.05) is 6.92 Å². The number of hydrogen-bond acceptors (Lipinski definition) is 7. The monoisotopic (exact) mass is 294 g/mol. The number of hydrogen-bond donors (Lipinski definition) is 3. The molecule has 0 aromatic carbocycles. The molecule has 0 aliphatic carbocycles. The van der Waals surface area contributed by atoms with Crippen molar-refractivity contribution in [1.29, 1.82) is 0 Å². The first-order valence-electron chi connectivity index (χ1n) is 6.70. The van der Waals surface area contributed by atoms with E-state index in [0.717, 1.165) is 5.69 Å². The summed E-state index contributed by atoms with van der Waals surface area (Å²) in [6.45, 7) is 4.67. The fourth-order valence-electron chi connectivity index (χ4n) is 2.76. The number of aliphatic hydroxyl groups excluding tert-OH is 2. The van der Waals surface area contributed by atoms with Crippen LogP contribution >= 0.6 is 0 Å². The van der Waals surface area contributed by atoms with E-state index < -0.39 is 24.0 Å². The van der Waals surface area contributed by atoms with Crippen LogP contribution in [0.15, 0.2) is 6.33 Å². The van der Waals surface area contributed by atoms with E-state index >= 15 is 0 Å². The highest BCUT2D eigenvalue weighted by molar-refractivity contribution is 5.73. The van der Waals surface area contributed by atoms with Crippen LogP contribution in [0.25, 0.3) is 11.2 Å². The van der Waals surface area contributed by atoms with Crippen molar-refractivity contribution in [3.8, 4) is 0 Å². The minimum Gasteiger partial charge on any atom is -0.394 e. The molecule has 21 heavy (non-hydrogen) atoms. The molecule has 8 heteroatoms. The number of imidazole rings is 1. The minimum atomic E-state index is -1.56. The Morgan fingerprint density at radius 2 is 2.10 bits per heavy atom. The van der Waals surface area contributed by atoms with Gasteiger partial charge in [0, 0.05) is 0 Å². The molecule has 2 aromatic heterocycles. The predicted octanol–water partition coefficient (Wildman–Crippen LogP) is -0.555. The van der Waals surface area contributed by atoms with Gasteiger partial charge in [-0.2, -0.15) is 0 Å². The van der Waals surface area contributed by atoms with Crippen LogP contribution < -0.4 is 0 Å². The van der Waals surface area contributed by atoms with Crippen molar-refractivity contribution in [2.75, 3.05) is 6.61 Å². The zero-order valence-electron chi connectivity index (χ0n) is 12.1. The number of nitrogens with zero attached hydrogens (tertiary/aromatic N) is 4. The van der Waals surface area contributed by atoms with Crippen molar-refractivity contribution < 1.29 is 20.1 Å². The zero-order chi connectivity index (χ0) is 15.4. The van der Waals surface area contributed by atoms with Gasteiger partial charge < -0.3 is 20.1 Å². The Morgan fingerprint density at radius 1 is 1.38 bits per heavy atom. The lowest BCUT2D eigenvalue weighted by molar-refractivity contribution is -0.0950. The summed E-state index contributed by atoms with van der Waals surface area (Å²) in [5, 5.41) is 29.8. The second-order valence-electron chi connectivity index (χ2n) is 5.56. The van der Waals surface area contributed by atoms with Gasteiger partial charge in [-0.25, -0.2) is 15.0 Å². The maximum absolute atomic E-state index is 10.5. The molecule has 2 aromatic rings. The maximum Gasteiger partial charge on any atom is 0.168 e. The van der Waals surface area contributed by atoms with Gasteiger partial charge >= 0.3 is 0 Å². The zero-order valence-corrected chi connectivity index (χ0v) is 12.1. The summed E-state index contributed by atoms with van der Waals surface area (Å²) < 4.78 is 7.15. The summed E-state index contributed by atoms with van der Waals surface area (Å²) in [6.07, 6.45) is -1.44. The smallest absolute Gasteiger partial charge is 0.168 e. The molecule has 8 nitrogen and oxygen atoms in total. The van der Waals surface area contributed by atoms with Crippen molar-refractivity contribution in [3.05, 3.63) is 17.8 Å². The fourth-order valence-corrected chi connectivity index (χ4v) is 2.76. The van der Waals surface area contributed by atoms with E-state index in [0.29, 0.717) is 17.0 Å². The van der Waals surface area contributed by atoms with Gasteiger partial charge in [-0.3, -0.25) is 4.57 Å². The van der Waals surface area contributed by atoms with E-state index in [-0.39, 0.29) is 6.61 Å². The molecular formula is C13H18N4O4. The highest BCUT2D eigenvalue weighted by Crippen LogP contribution is 2.39. The van der Waals surface area contributed by atoms with Gasteiger partial charge in [0.05, 0.1) is 18.6 Å². The Bertz CT molecular complexity index is 684. The molecule has 0 radical (unpaired) electrons. The molecule has 3 N–H and O–H groups in total. The van der Waals surface area contributed by atoms with Crippen molar-refractivity contribution in [1.82, 2.24) is 19.5 Å². The third-order valence-electron chi connectivity index (χ3n) is 3.89. The normalized spacial score (nSPS) is 33.0. The Hall–Kier alpha value is -1.61. The Kier molecular flexibility index (Phi) is 3.21. The molecule has 1 aliphatic rings. The van der Waals surface area contributed by atoms with Crippen LogP contribution in [0.5, 0.6) is 0 Å².